The highest BCUT2D eigenvalue weighted by Gasteiger charge is 2.32. The standard InChI is InChI=1S/C19H23F2N3O/c1-2-22-11-13-4-3-8-23(13)19-15(20)10-14-16(25)7-9-24(12-5-6-12)18(14)17(19)21/h7,9-10,12-13,22H,2-6,8,11H2,1H3. The highest BCUT2D eigenvalue weighted by molar-refractivity contribution is 5.84. The van der Waals surface area contributed by atoms with E-state index in [2.05, 4.69) is 5.32 Å². The van der Waals surface area contributed by atoms with Gasteiger partial charge in [0.2, 0.25) is 0 Å². The average molecular weight is 347 g/mol. The minimum absolute atomic E-state index is 0.0212. The minimum Gasteiger partial charge on any atom is -0.362 e. The SMILES string of the molecule is CCNCC1CCCN1c1c(F)cc2c(=O)ccn(C3CC3)c2c1F. The summed E-state index contributed by atoms with van der Waals surface area (Å²) >= 11 is 0. The summed E-state index contributed by atoms with van der Waals surface area (Å²) in [5.74, 6) is -1.23. The molecule has 0 bridgehead atoms. The molecule has 1 saturated heterocycles. The topological polar surface area (TPSA) is 37.3 Å². The van der Waals surface area contributed by atoms with Gasteiger partial charge in [0, 0.05) is 37.4 Å². The van der Waals surface area contributed by atoms with Crippen LogP contribution in [-0.4, -0.2) is 30.2 Å². The van der Waals surface area contributed by atoms with Gasteiger partial charge in [0.1, 0.15) is 11.5 Å². The van der Waals surface area contributed by atoms with Crippen LogP contribution >= 0.6 is 0 Å². The first-order chi connectivity index (χ1) is 12.1. The minimum atomic E-state index is -0.640. The molecule has 1 N–H and O–H groups in total. The summed E-state index contributed by atoms with van der Waals surface area (Å²) < 4.78 is 32.1. The van der Waals surface area contributed by atoms with Gasteiger partial charge < -0.3 is 14.8 Å². The molecule has 1 aromatic carbocycles. The Morgan fingerprint density at radius 2 is 2.08 bits per heavy atom. The molecule has 1 unspecified atom stereocenters. The van der Waals surface area contributed by atoms with E-state index in [9.17, 15) is 9.18 Å². The Morgan fingerprint density at radius 1 is 1.28 bits per heavy atom. The van der Waals surface area contributed by atoms with Gasteiger partial charge in [-0.15, -0.1) is 0 Å². The first-order valence-electron chi connectivity index (χ1n) is 9.12. The van der Waals surface area contributed by atoms with Crippen LogP contribution in [0.4, 0.5) is 14.5 Å². The summed E-state index contributed by atoms with van der Waals surface area (Å²) in [6.07, 6.45) is 5.41. The molecule has 2 fully saturated rings. The Balaban J connectivity index is 1.87. The van der Waals surface area contributed by atoms with Crippen LogP contribution in [0.1, 0.15) is 38.6 Å². The highest BCUT2D eigenvalue weighted by atomic mass is 19.1. The Labute approximate surface area is 145 Å². The molecule has 1 atom stereocenters. The molecule has 25 heavy (non-hydrogen) atoms. The van der Waals surface area contributed by atoms with Crippen molar-refractivity contribution < 1.29 is 8.78 Å². The zero-order chi connectivity index (χ0) is 17.6. The van der Waals surface area contributed by atoms with E-state index in [1.807, 2.05) is 16.4 Å². The number of nitrogens with zero attached hydrogens (tertiary/aromatic N) is 2. The van der Waals surface area contributed by atoms with Gasteiger partial charge in [-0.05, 0) is 38.3 Å². The number of rotatable bonds is 5. The fraction of sp³-hybridized carbons (Fsp3) is 0.526. The molecule has 1 saturated carbocycles. The van der Waals surface area contributed by atoms with Gasteiger partial charge in [0.15, 0.2) is 11.2 Å². The maximum Gasteiger partial charge on any atom is 0.189 e. The van der Waals surface area contributed by atoms with Gasteiger partial charge in [-0.3, -0.25) is 4.79 Å². The quantitative estimate of drug-likeness (QED) is 0.903. The number of anilines is 1. The Bertz CT molecular complexity index is 860. The van der Waals surface area contributed by atoms with Gasteiger partial charge in [0.05, 0.1) is 10.9 Å². The first kappa shape index (κ1) is 16.5. The average Bonchev–Trinajstić information content (AvgIpc) is 3.34. The lowest BCUT2D eigenvalue weighted by Gasteiger charge is -2.28. The van der Waals surface area contributed by atoms with Crippen LogP contribution in [0.15, 0.2) is 23.1 Å². The Kier molecular flexibility index (Phi) is 4.23. The molecule has 0 spiro atoms. The molecule has 6 heteroatoms. The number of fused-ring (bicyclic) bond motifs is 1. The van der Waals surface area contributed by atoms with Crippen LogP contribution in [0.25, 0.3) is 10.9 Å². The second kappa shape index (κ2) is 6.41. The molecule has 0 radical (unpaired) electrons. The zero-order valence-corrected chi connectivity index (χ0v) is 14.4. The van der Waals surface area contributed by atoms with Crippen molar-refractivity contribution >= 4 is 16.6 Å². The molecular formula is C19H23F2N3O. The van der Waals surface area contributed by atoms with Crippen LogP contribution < -0.4 is 15.6 Å². The number of nitrogens with one attached hydrogen (secondary N) is 1. The van der Waals surface area contributed by atoms with E-state index in [4.69, 9.17) is 0 Å². The molecule has 2 aromatic rings. The lowest BCUT2D eigenvalue weighted by molar-refractivity contribution is 0.544. The van der Waals surface area contributed by atoms with E-state index in [0.29, 0.717) is 13.1 Å². The monoisotopic (exact) mass is 347 g/mol. The molecule has 2 heterocycles. The largest absolute Gasteiger partial charge is 0.362 e. The highest BCUT2D eigenvalue weighted by Crippen LogP contribution is 2.40. The molecule has 4 rings (SSSR count). The van der Waals surface area contributed by atoms with Crippen LogP contribution in [0.3, 0.4) is 0 Å². The van der Waals surface area contributed by atoms with Crippen molar-refractivity contribution in [3.8, 4) is 0 Å². The van der Waals surface area contributed by atoms with Gasteiger partial charge in [-0.2, -0.15) is 0 Å². The zero-order valence-electron chi connectivity index (χ0n) is 14.4. The molecule has 1 aromatic heterocycles. The van der Waals surface area contributed by atoms with Crippen molar-refractivity contribution in [3.63, 3.8) is 0 Å². The number of benzene rings is 1. The summed E-state index contributed by atoms with van der Waals surface area (Å²) in [7, 11) is 0. The maximum absolute atomic E-state index is 15.4. The summed E-state index contributed by atoms with van der Waals surface area (Å²) in [6, 6.07) is 2.92. The molecule has 2 aliphatic rings. The number of likely N-dealkylation sites (N-methyl/N-ethyl adjacent to an activating group) is 1. The lowest BCUT2D eigenvalue weighted by Crippen LogP contribution is -2.39. The smallest absolute Gasteiger partial charge is 0.189 e. The number of aromatic nitrogens is 1. The van der Waals surface area contributed by atoms with Gasteiger partial charge in [-0.1, -0.05) is 6.92 Å². The van der Waals surface area contributed by atoms with Gasteiger partial charge in [0.25, 0.3) is 0 Å². The third kappa shape index (κ3) is 2.82. The van der Waals surface area contributed by atoms with Crippen molar-refractivity contribution in [1.29, 1.82) is 0 Å². The Hall–Kier alpha value is -1.95. The summed E-state index contributed by atoms with van der Waals surface area (Å²) in [6.45, 7) is 4.19. The second-order valence-corrected chi connectivity index (χ2v) is 7.03. The summed E-state index contributed by atoms with van der Waals surface area (Å²) in [4.78, 5) is 14.0. The number of pyridine rings is 1. The van der Waals surface area contributed by atoms with Crippen molar-refractivity contribution in [1.82, 2.24) is 9.88 Å². The van der Waals surface area contributed by atoms with Gasteiger partial charge in [-0.25, -0.2) is 8.78 Å². The van der Waals surface area contributed by atoms with Crippen molar-refractivity contribution in [3.05, 3.63) is 40.2 Å². The number of hydrogen-bond donors (Lipinski definition) is 1. The van der Waals surface area contributed by atoms with E-state index in [-0.39, 0.29) is 34.1 Å². The fourth-order valence-electron chi connectivity index (χ4n) is 3.92. The normalized spacial score (nSPS) is 20.6. The third-order valence-electron chi connectivity index (χ3n) is 5.31. The van der Waals surface area contributed by atoms with Crippen molar-refractivity contribution in [2.45, 2.75) is 44.7 Å². The maximum atomic E-state index is 15.4. The van der Waals surface area contributed by atoms with E-state index < -0.39 is 11.6 Å². The predicted molar refractivity (Wildman–Crippen MR) is 95.3 cm³/mol. The summed E-state index contributed by atoms with van der Waals surface area (Å²) in [5.41, 5.74) is -0.0599. The third-order valence-corrected chi connectivity index (χ3v) is 5.31. The number of hydrogen-bond acceptors (Lipinski definition) is 3. The molecule has 134 valence electrons. The van der Waals surface area contributed by atoms with E-state index in [1.165, 1.54) is 12.1 Å². The fourth-order valence-corrected chi connectivity index (χ4v) is 3.92. The van der Waals surface area contributed by atoms with Gasteiger partial charge >= 0.3 is 0 Å². The predicted octanol–water partition coefficient (Wildman–Crippen LogP) is 3.19. The lowest BCUT2D eigenvalue weighted by atomic mass is 10.1. The molecule has 1 aliphatic carbocycles. The summed E-state index contributed by atoms with van der Waals surface area (Å²) in [5, 5.41) is 3.41. The van der Waals surface area contributed by atoms with E-state index in [0.717, 1.165) is 32.2 Å². The molecule has 4 nitrogen and oxygen atoms in total. The van der Waals surface area contributed by atoms with Crippen LogP contribution in [0, 0.1) is 11.6 Å². The second-order valence-electron chi connectivity index (χ2n) is 7.03. The van der Waals surface area contributed by atoms with Crippen LogP contribution in [0.5, 0.6) is 0 Å². The first-order valence-corrected chi connectivity index (χ1v) is 9.12. The van der Waals surface area contributed by atoms with E-state index in [1.54, 1.807) is 6.20 Å². The van der Waals surface area contributed by atoms with Crippen molar-refractivity contribution in [2.24, 2.45) is 0 Å². The van der Waals surface area contributed by atoms with E-state index >= 15 is 4.39 Å². The van der Waals surface area contributed by atoms with Crippen LogP contribution in [-0.2, 0) is 0 Å². The Morgan fingerprint density at radius 3 is 2.80 bits per heavy atom. The number of halogens is 2. The van der Waals surface area contributed by atoms with Crippen LogP contribution in [0.2, 0.25) is 0 Å². The van der Waals surface area contributed by atoms with Crippen molar-refractivity contribution in [2.75, 3.05) is 24.5 Å². The molecular weight excluding hydrogens is 324 g/mol. The molecule has 1 aliphatic heterocycles. The molecule has 0 amide bonds.